The van der Waals surface area contributed by atoms with Gasteiger partial charge in [0.05, 0.1) is 17.7 Å². The Bertz CT molecular complexity index is 2340. The number of carbonyl (C=O) groups is 1. The molecule has 2 heterocycles. The molecule has 2 aliphatic rings. The van der Waals surface area contributed by atoms with Crippen LogP contribution in [0.5, 0.6) is 40.2 Å². The van der Waals surface area contributed by atoms with E-state index in [1.165, 1.54) is 48.5 Å². The van der Waals surface area contributed by atoms with Crippen LogP contribution in [0.25, 0.3) is 39.0 Å². The van der Waals surface area contributed by atoms with Crippen LogP contribution in [0.1, 0.15) is 21.5 Å². The summed E-state index contributed by atoms with van der Waals surface area (Å²) in [7, 11) is 0. The summed E-state index contributed by atoms with van der Waals surface area (Å²) in [5.74, 6) is -4.22. The molecule has 5 aromatic rings. The van der Waals surface area contributed by atoms with Crippen LogP contribution in [0.3, 0.4) is 0 Å². The second kappa shape index (κ2) is 12.9. The summed E-state index contributed by atoms with van der Waals surface area (Å²) in [6.45, 7) is -0.805. The molecule has 0 spiro atoms. The van der Waals surface area contributed by atoms with E-state index in [-0.39, 0.29) is 62.5 Å². The van der Waals surface area contributed by atoms with Gasteiger partial charge in [-0.3, -0.25) is 9.59 Å². The zero-order valence-corrected chi connectivity index (χ0v) is 26.7. The fourth-order valence-corrected chi connectivity index (χ4v) is 6.51. The van der Waals surface area contributed by atoms with Gasteiger partial charge >= 0.3 is 0 Å². The van der Waals surface area contributed by atoms with Gasteiger partial charge in [-0.15, -0.1) is 0 Å². The van der Waals surface area contributed by atoms with E-state index in [2.05, 4.69) is 0 Å². The van der Waals surface area contributed by atoms with E-state index in [0.717, 1.165) is 18.2 Å². The Balaban J connectivity index is 1.55. The molecule has 0 bridgehead atoms. The first-order valence-corrected chi connectivity index (χ1v) is 15.7. The van der Waals surface area contributed by atoms with E-state index in [1.807, 2.05) is 0 Å². The number of rotatable bonds is 6. The van der Waals surface area contributed by atoms with Crippen molar-refractivity contribution in [3.63, 3.8) is 0 Å². The smallest absolute Gasteiger partial charge is 0.229 e. The van der Waals surface area contributed by atoms with Gasteiger partial charge in [-0.05, 0) is 65.6 Å². The van der Waals surface area contributed by atoms with Gasteiger partial charge in [0.1, 0.15) is 69.9 Å². The molecule has 0 saturated carbocycles. The summed E-state index contributed by atoms with van der Waals surface area (Å²) in [5.41, 5.74) is -1.38. The molecule has 10 N–H and O–H groups in total. The van der Waals surface area contributed by atoms with E-state index < -0.39 is 88.4 Å². The molecule has 0 amide bonds. The summed E-state index contributed by atoms with van der Waals surface area (Å²) in [6, 6.07) is 12.1. The van der Waals surface area contributed by atoms with Gasteiger partial charge in [0, 0.05) is 29.3 Å². The maximum atomic E-state index is 14.7. The first-order valence-electron chi connectivity index (χ1n) is 15.7. The van der Waals surface area contributed by atoms with Crippen LogP contribution in [0.15, 0.2) is 76.0 Å². The first kappa shape index (κ1) is 34.4. The predicted molar refractivity (Wildman–Crippen MR) is 180 cm³/mol. The normalized spacial score (nSPS) is 21.5. The minimum atomic E-state index is -1.95. The number of aromatic hydroxyl groups is 6. The summed E-state index contributed by atoms with van der Waals surface area (Å²) in [5, 5.41) is 104. The molecule has 1 aliphatic heterocycles. The summed E-state index contributed by atoms with van der Waals surface area (Å²) >= 11 is 0. The minimum absolute atomic E-state index is 0.0420. The zero-order chi connectivity index (χ0) is 37.2. The quantitative estimate of drug-likeness (QED) is 0.113. The molecule has 7 rings (SSSR count). The maximum absolute atomic E-state index is 14.7. The average Bonchev–Trinajstić information content (AvgIpc) is 3.10. The number of carbonyl (C=O) groups excluding carboxylic acids is 1. The molecule has 1 aromatic heterocycles. The van der Waals surface area contributed by atoms with Gasteiger partial charge in [-0.1, -0.05) is 6.07 Å². The topological polar surface area (TPSA) is 268 Å². The summed E-state index contributed by atoms with van der Waals surface area (Å²) in [4.78, 5) is 28.5. The van der Waals surface area contributed by atoms with Crippen molar-refractivity contribution < 1.29 is 69.8 Å². The van der Waals surface area contributed by atoms with Crippen LogP contribution in [0.4, 0.5) is 0 Å². The zero-order valence-electron chi connectivity index (χ0n) is 26.7. The first-order chi connectivity index (χ1) is 24.8. The van der Waals surface area contributed by atoms with Gasteiger partial charge in [-0.2, -0.15) is 0 Å². The predicted octanol–water partition coefficient (Wildman–Crippen LogP) is 2.36. The molecule has 1 fully saturated rings. The molecule has 1 aliphatic carbocycles. The lowest BCUT2D eigenvalue weighted by Crippen LogP contribution is -2.60. The highest BCUT2D eigenvalue weighted by atomic mass is 16.7. The Kier molecular flexibility index (Phi) is 8.52. The summed E-state index contributed by atoms with van der Waals surface area (Å²) < 4.78 is 17.8. The van der Waals surface area contributed by atoms with Crippen molar-refractivity contribution in [1.82, 2.24) is 0 Å². The number of aliphatic hydroxyl groups excluding tert-OH is 4. The number of ether oxygens (including phenoxy) is 2. The van der Waals surface area contributed by atoms with Gasteiger partial charge in [0.2, 0.25) is 11.7 Å². The van der Waals surface area contributed by atoms with E-state index in [0.29, 0.717) is 0 Å². The molecule has 268 valence electrons. The molecular weight excluding hydrogens is 684 g/mol. The summed E-state index contributed by atoms with van der Waals surface area (Å²) in [6.07, 6.45) is -7.90. The Morgan fingerprint density at radius 3 is 2.10 bits per heavy atom. The number of fused-ring (bicyclic) bond motifs is 2. The lowest BCUT2D eigenvalue weighted by Gasteiger charge is -2.40. The molecule has 1 saturated heterocycles. The van der Waals surface area contributed by atoms with Crippen LogP contribution in [-0.2, 0) is 11.2 Å². The highest BCUT2D eigenvalue weighted by Crippen LogP contribution is 2.48. The van der Waals surface area contributed by atoms with Crippen LogP contribution in [-0.4, -0.2) is 94.2 Å². The number of hydrogen-bond donors (Lipinski definition) is 10. The number of benzene rings is 4. The maximum Gasteiger partial charge on any atom is 0.229 e. The molecule has 4 aromatic carbocycles. The number of phenols is 6. The van der Waals surface area contributed by atoms with E-state index in [9.17, 15) is 60.7 Å². The van der Waals surface area contributed by atoms with E-state index >= 15 is 0 Å². The van der Waals surface area contributed by atoms with Gasteiger partial charge < -0.3 is 65.0 Å². The van der Waals surface area contributed by atoms with Crippen molar-refractivity contribution >= 4 is 22.3 Å². The number of hydrogen-bond acceptors (Lipinski definition) is 15. The van der Waals surface area contributed by atoms with Gasteiger partial charge in [-0.25, -0.2) is 0 Å². The van der Waals surface area contributed by atoms with Crippen molar-refractivity contribution in [3.05, 3.63) is 93.7 Å². The largest absolute Gasteiger partial charge is 0.508 e. The van der Waals surface area contributed by atoms with Crippen molar-refractivity contribution in [2.45, 2.75) is 37.1 Å². The number of allylic oxidation sites excluding steroid dienone is 2. The van der Waals surface area contributed by atoms with E-state index in [1.54, 1.807) is 0 Å². The molecule has 0 radical (unpaired) electrons. The minimum Gasteiger partial charge on any atom is -0.508 e. The third-order valence-corrected chi connectivity index (χ3v) is 9.07. The molecule has 5 atom stereocenters. The molecule has 15 nitrogen and oxygen atoms in total. The SMILES string of the molecule is O=C1C=C(c2ccc(O)c(O)c2)Cc2c1c(O)cc(O[C@@H]1O[C@H](CO)[C@@H](O)[C@H](O)[C@H]1O)c2-c1c(-c2ccc(O)cc2)oc2cc(O)cc(O)c2c1=O. The van der Waals surface area contributed by atoms with E-state index in [4.69, 9.17) is 13.9 Å². The second-order valence-electron chi connectivity index (χ2n) is 12.4. The number of phenolic OH excluding ortho intramolecular Hbond substituents is 6. The van der Waals surface area contributed by atoms with Crippen molar-refractivity contribution in [1.29, 1.82) is 0 Å². The highest BCUT2D eigenvalue weighted by molar-refractivity contribution is 6.15. The lowest BCUT2D eigenvalue weighted by molar-refractivity contribution is -0.277. The van der Waals surface area contributed by atoms with Crippen molar-refractivity contribution in [2.75, 3.05) is 6.61 Å². The van der Waals surface area contributed by atoms with Crippen molar-refractivity contribution in [2.24, 2.45) is 0 Å². The van der Waals surface area contributed by atoms with Crippen LogP contribution in [0, 0.1) is 0 Å². The Morgan fingerprint density at radius 2 is 1.40 bits per heavy atom. The average molecular weight is 715 g/mol. The van der Waals surface area contributed by atoms with Gasteiger partial charge in [0.15, 0.2) is 17.3 Å². The third-order valence-electron chi connectivity index (χ3n) is 9.07. The Morgan fingerprint density at radius 1 is 0.692 bits per heavy atom. The third kappa shape index (κ3) is 5.71. The fraction of sp³-hybridized carbons (Fsp3) is 0.189. The fourth-order valence-electron chi connectivity index (χ4n) is 6.51. The highest BCUT2D eigenvalue weighted by Gasteiger charge is 2.45. The lowest BCUT2D eigenvalue weighted by atomic mass is 9.81. The monoisotopic (exact) mass is 714 g/mol. The van der Waals surface area contributed by atoms with Crippen LogP contribution < -0.4 is 10.2 Å². The molecular formula is C37H30O15. The Hall–Kier alpha value is -6.10. The molecule has 15 heteroatoms. The van der Waals surface area contributed by atoms with Gasteiger partial charge in [0.25, 0.3) is 0 Å². The van der Waals surface area contributed by atoms with Crippen LogP contribution >= 0.6 is 0 Å². The second-order valence-corrected chi connectivity index (χ2v) is 12.4. The number of aliphatic hydroxyl groups is 4. The standard InChI is InChI=1S/C37H30O15/c38-13-27-32(46)34(48)35(49)37(52-27)51-26-12-24(45)28-19(7-16(9-22(28)43)15-3-6-20(41)21(42)8-15)29(26)31-33(47)30-23(44)10-18(40)11-25(30)50-36(31)14-1-4-17(39)5-2-14/h1-6,8-12,27,32,34-35,37-42,44-46,48-49H,7,13H2/t27-,32-,34+,35-,37-/m1/s1. The number of ketones is 1. The Labute approximate surface area is 292 Å². The molecule has 0 unspecified atom stereocenters. The van der Waals surface area contributed by atoms with Crippen molar-refractivity contribution in [3.8, 4) is 62.7 Å². The van der Waals surface area contributed by atoms with Crippen LogP contribution in [0.2, 0.25) is 0 Å². The molecule has 52 heavy (non-hydrogen) atoms.